The van der Waals surface area contributed by atoms with Crippen LogP contribution in [0.1, 0.15) is 131 Å². The standard InChI is InChI=1S/C21H42NO2.C15H30NO2/c1-6-8-9-10-11-12-13-14-15-16-17-22(5,7-2)18-19-24-21(23)20(3)4;1-6-8-10-16(5,11-9-7-2)12-13-18-15(17)14(3)4/h3,6-19H2,1-2,4-5H3;3,6-13H2,1-2,4-5H3/q2*+1. The summed E-state index contributed by atoms with van der Waals surface area (Å²) in [6, 6.07) is 0. The molecule has 0 saturated heterocycles. The molecule has 0 N–H and O–H groups in total. The van der Waals surface area contributed by atoms with Crippen molar-refractivity contribution in [2.24, 2.45) is 0 Å². The van der Waals surface area contributed by atoms with Crippen molar-refractivity contribution in [3.05, 3.63) is 24.3 Å². The first-order valence-electron chi connectivity index (χ1n) is 17.2. The topological polar surface area (TPSA) is 52.6 Å². The van der Waals surface area contributed by atoms with E-state index in [0.717, 1.165) is 28.6 Å². The van der Waals surface area contributed by atoms with E-state index in [1.165, 1.54) is 110 Å². The zero-order valence-electron chi connectivity index (χ0n) is 29.5. The van der Waals surface area contributed by atoms with Gasteiger partial charge >= 0.3 is 11.9 Å². The summed E-state index contributed by atoms with van der Waals surface area (Å²) in [6.07, 6.45) is 18.6. The molecule has 0 aromatic heterocycles. The lowest BCUT2D eigenvalue weighted by atomic mass is 10.1. The Morgan fingerprint density at radius 1 is 0.500 bits per heavy atom. The van der Waals surface area contributed by atoms with Gasteiger partial charge in [-0.1, -0.05) is 98.1 Å². The fourth-order valence-corrected chi connectivity index (χ4v) is 4.79. The molecule has 0 aliphatic heterocycles. The van der Waals surface area contributed by atoms with Crippen molar-refractivity contribution in [3.8, 4) is 0 Å². The highest BCUT2D eigenvalue weighted by Crippen LogP contribution is 2.13. The van der Waals surface area contributed by atoms with Crippen molar-refractivity contribution in [1.29, 1.82) is 0 Å². The molecule has 0 rings (SSSR count). The van der Waals surface area contributed by atoms with Crippen LogP contribution in [0.3, 0.4) is 0 Å². The van der Waals surface area contributed by atoms with Crippen LogP contribution in [0.25, 0.3) is 0 Å². The number of rotatable bonds is 26. The minimum Gasteiger partial charge on any atom is -0.456 e. The Balaban J connectivity index is 0. The molecule has 0 spiro atoms. The predicted molar refractivity (Wildman–Crippen MR) is 180 cm³/mol. The Bertz CT molecular complexity index is 713. The van der Waals surface area contributed by atoms with Gasteiger partial charge in [0.05, 0.1) is 40.3 Å². The number of carbonyl (C=O) groups is 2. The summed E-state index contributed by atoms with van der Waals surface area (Å²) in [4.78, 5) is 22.8. The molecule has 42 heavy (non-hydrogen) atoms. The first-order valence-corrected chi connectivity index (χ1v) is 17.2. The number of esters is 2. The van der Waals surface area contributed by atoms with Crippen LogP contribution in [0.4, 0.5) is 0 Å². The van der Waals surface area contributed by atoms with Gasteiger partial charge in [-0.05, 0) is 46.5 Å². The second-order valence-electron chi connectivity index (χ2n) is 12.9. The molecule has 1 atom stereocenters. The lowest BCUT2D eigenvalue weighted by Gasteiger charge is -2.34. The summed E-state index contributed by atoms with van der Waals surface area (Å²) in [7, 11) is 4.53. The van der Waals surface area contributed by atoms with E-state index in [1.54, 1.807) is 13.8 Å². The van der Waals surface area contributed by atoms with E-state index in [-0.39, 0.29) is 11.9 Å². The predicted octanol–water partition coefficient (Wildman–Crippen LogP) is 8.65. The van der Waals surface area contributed by atoms with Crippen LogP contribution in [-0.4, -0.2) is 87.5 Å². The second kappa shape index (κ2) is 26.9. The highest BCUT2D eigenvalue weighted by molar-refractivity contribution is 5.87. The number of hydrogen-bond acceptors (Lipinski definition) is 4. The van der Waals surface area contributed by atoms with Gasteiger partial charge in [-0.2, -0.15) is 0 Å². The Hall–Kier alpha value is -1.66. The van der Waals surface area contributed by atoms with Gasteiger partial charge in [0.15, 0.2) is 0 Å². The number of hydrogen-bond donors (Lipinski definition) is 0. The van der Waals surface area contributed by atoms with Gasteiger partial charge in [0.25, 0.3) is 0 Å². The molecular weight excluding hydrogens is 524 g/mol. The van der Waals surface area contributed by atoms with Crippen molar-refractivity contribution in [3.63, 3.8) is 0 Å². The second-order valence-corrected chi connectivity index (χ2v) is 12.9. The lowest BCUT2D eigenvalue weighted by Crippen LogP contribution is -2.48. The van der Waals surface area contributed by atoms with E-state index in [9.17, 15) is 9.59 Å². The van der Waals surface area contributed by atoms with Gasteiger partial charge in [-0.3, -0.25) is 0 Å². The minimum atomic E-state index is -0.271. The SMILES string of the molecule is C=C(C)C(=O)OCC[N+](C)(CC)CCCCCCCCCCCC.C=C(C)C(=O)OCC[N+](C)(CCCC)CCCC. The van der Waals surface area contributed by atoms with E-state index in [2.05, 4.69) is 54.9 Å². The van der Waals surface area contributed by atoms with Crippen molar-refractivity contribution < 1.29 is 28.0 Å². The molecule has 1 unspecified atom stereocenters. The highest BCUT2D eigenvalue weighted by atomic mass is 16.5. The Kier molecular flexibility index (Phi) is 27.2. The summed E-state index contributed by atoms with van der Waals surface area (Å²) >= 11 is 0. The first-order chi connectivity index (χ1) is 19.9. The molecule has 0 heterocycles. The zero-order valence-corrected chi connectivity index (χ0v) is 29.5. The third-order valence-electron chi connectivity index (χ3n) is 8.34. The van der Waals surface area contributed by atoms with E-state index >= 15 is 0 Å². The fraction of sp³-hybridized carbons (Fsp3) is 0.833. The summed E-state index contributed by atoms with van der Waals surface area (Å²) < 4.78 is 12.4. The average Bonchev–Trinajstić information content (AvgIpc) is 2.96. The molecule has 0 fully saturated rings. The number of ether oxygens (including phenoxy) is 2. The van der Waals surface area contributed by atoms with Crippen LogP contribution in [-0.2, 0) is 19.1 Å². The molecule has 0 bridgehead atoms. The maximum atomic E-state index is 11.4. The van der Waals surface area contributed by atoms with Gasteiger partial charge in [-0.15, -0.1) is 0 Å². The molecule has 0 aromatic rings. The molecule has 6 heteroatoms. The minimum absolute atomic E-state index is 0.267. The quantitative estimate of drug-likeness (QED) is 0.0434. The molecular formula is C36H72N2O4+2. The summed E-state index contributed by atoms with van der Waals surface area (Å²) in [5.41, 5.74) is 0.960. The van der Waals surface area contributed by atoms with Gasteiger partial charge in [-0.25, -0.2) is 9.59 Å². The smallest absolute Gasteiger partial charge is 0.333 e. The van der Waals surface area contributed by atoms with Crippen LogP contribution in [0.2, 0.25) is 0 Å². The van der Waals surface area contributed by atoms with Crippen LogP contribution >= 0.6 is 0 Å². The summed E-state index contributed by atoms with van der Waals surface area (Å²) in [6.45, 7) is 26.9. The molecule has 0 aliphatic rings. The van der Waals surface area contributed by atoms with Crippen molar-refractivity contribution >= 4 is 11.9 Å². The number of likely N-dealkylation sites (N-methyl/N-ethyl adjacent to an activating group) is 2. The molecule has 6 nitrogen and oxygen atoms in total. The van der Waals surface area contributed by atoms with Crippen LogP contribution < -0.4 is 0 Å². The summed E-state index contributed by atoms with van der Waals surface area (Å²) in [5, 5.41) is 0. The van der Waals surface area contributed by atoms with Gasteiger partial charge in [0.2, 0.25) is 0 Å². The lowest BCUT2D eigenvalue weighted by molar-refractivity contribution is -0.910. The normalized spacial score (nSPS) is 12.6. The summed E-state index contributed by atoms with van der Waals surface area (Å²) in [5.74, 6) is -0.538. The Morgan fingerprint density at radius 3 is 1.19 bits per heavy atom. The van der Waals surface area contributed by atoms with Gasteiger partial charge in [0, 0.05) is 11.1 Å². The average molecular weight is 597 g/mol. The number of carbonyl (C=O) groups excluding carboxylic acids is 2. The Morgan fingerprint density at radius 2 is 0.833 bits per heavy atom. The highest BCUT2D eigenvalue weighted by Gasteiger charge is 2.21. The molecule has 0 radical (unpaired) electrons. The largest absolute Gasteiger partial charge is 0.456 e. The van der Waals surface area contributed by atoms with Gasteiger partial charge in [0.1, 0.15) is 26.3 Å². The molecule has 0 aliphatic carbocycles. The molecule has 0 aromatic carbocycles. The van der Waals surface area contributed by atoms with Crippen LogP contribution in [0.15, 0.2) is 24.3 Å². The van der Waals surface area contributed by atoms with Gasteiger partial charge < -0.3 is 18.4 Å². The molecule has 248 valence electrons. The maximum Gasteiger partial charge on any atom is 0.333 e. The van der Waals surface area contributed by atoms with Crippen molar-refractivity contribution in [2.75, 3.05) is 66.6 Å². The number of nitrogens with zero attached hydrogens (tertiary/aromatic N) is 2. The van der Waals surface area contributed by atoms with E-state index in [4.69, 9.17) is 9.47 Å². The number of unbranched alkanes of at least 4 members (excludes halogenated alkanes) is 11. The fourth-order valence-electron chi connectivity index (χ4n) is 4.79. The van der Waals surface area contributed by atoms with E-state index in [1.807, 2.05) is 0 Å². The zero-order chi connectivity index (χ0) is 32.3. The van der Waals surface area contributed by atoms with E-state index in [0.29, 0.717) is 24.4 Å². The maximum absolute atomic E-state index is 11.4. The third-order valence-corrected chi connectivity index (χ3v) is 8.34. The van der Waals surface area contributed by atoms with E-state index < -0.39 is 0 Å². The molecule has 0 amide bonds. The van der Waals surface area contributed by atoms with Crippen molar-refractivity contribution in [2.45, 2.75) is 131 Å². The Labute approximate surface area is 262 Å². The van der Waals surface area contributed by atoms with Crippen molar-refractivity contribution in [1.82, 2.24) is 0 Å². The monoisotopic (exact) mass is 597 g/mol. The molecule has 0 saturated carbocycles. The number of quaternary nitrogens is 2. The van der Waals surface area contributed by atoms with Crippen LogP contribution in [0, 0.1) is 0 Å². The van der Waals surface area contributed by atoms with Crippen LogP contribution in [0.5, 0.6) is 0 Å². The first kappa shape index (κ1) is 42.5. The third kappa shape index (κ3) is 24.9.